The minimum atomic E-state index is -4.08. The molecule has 0 aromatic heterocycles. The van der Waals surface area contributed by atoms with Crippen molar-refractivity contribution < 1.29 is 13.2 Å². The molecule has 2 unspecified atom stereocenters. The van der Waals surface area contributed by atoms with Crippen LogP contribution in [0.25, 0.3) is 0 Å². The topological polar surface area (TPSA) is 15.3 Å². The Kier molecular flexibility index (Phi) is 5.12. The monoisotopic (exact) mass is 278 g/mol. The standard InChI is InChI=1S/C14H25F3N2/c1-18-12-6-4-2-3-5-7-13(12)19(11-8-9-11)10-14(15,16)17/h11-13,18H,2-10H2,1H3. The molecule has 2 rings (SSSR count). The minimum Gasteiger partial charge on any atom is -0.315 e. The Morgan fingerprint density at radius 2 is 1.63 bits per heavy atom. The van der Waals surface area contributed by atoms with Gasteiger partial charge in [0, 0.05) is 18.1 Å². The fourth-order valence-electron chi connectivity index (χ4n) is 3.33. The van der Waals surface area contributed by atoms with Gasteiger partial charge in [-0.15, -0.1) is 0 Å². The minimum absolute atomic E-state index is 0.0550. The summed E-state index contributed by atoms with van der Waals surface area (Å²) in [4.78, 5) is 1.74. The van der Waals surface area contributed by atoms with Gasteiger partial charge in [0.2, 0.25) is 0 Å². The van der Waals surface area contributed by atoms with Gasteiger partial charge in [-0.2, -0.15) is 13.2 Å². The van der Waals surface area contributed by atoms with Gasteiger partial charge in [0.15, 0.2) is 0 Å². The summed E-state index contributed by atoms with van der Waals surface area (Å²) in [7, 11) is 1.89. The molecule has 0 radical (unpaired) electrons. The summed E-state index contributed by atoms with van der Waals surface area (Å²) in [6.45, 7) is -0.736. The van der Waals surface area contributed by atoms with Crippen molar-refractivity contribution >= 4 is 0 Å². The van der Waals surface area contributed by atoms with Crippen LogP contribution in [-0.2, 0) is 0 Å². The van der Waals surface area contributed by atoms with E-state index in [1.165, 1.54) is 6.42 Å². The zero-order valence-corrected chi connectivity index (χ0v) is 11.7. The summed E-state index contributed by atoms with van der Waals surface area (Å²) in [5.74, 6) is 0. The Balaban J connectivity index is 2.06. The van der Waals surface area contributed by atoms with Crippen LogP contribution in [-0.4, -0.2) is 42.8 Å². The maximum Gasteiger partial charge on any atom is 0.401 e. The second-order valence-corrected chi connectivity index (χ2v) is 5.97. The highest BCUT2D eigenvalue weighted by Crippen LogP contribution is 2.35. The third kappa shape index (κ3) is 4.63. The van der Waals surface area contributed by atoms with Gasteiger partial charge in [-0.3, -0.25) is 4.90 Å². The van der Waals surface area contributed by atoms with E-state index in [1.807, 2.05) is 7.05 Å². The molecule has 5 heteroatoms. The van der Waals surface area contributed by atoms with Crippen molar-refractivity contribution in [2.24, 2.45) is 0 Å². The molecular weight excluding hydrogens is 253 g/mol. The largest absolute Gasteiger partial charge is 0.401 e. The van der Waals surface area contributed by atoms with Crippen LogP contribution in [0.1, 0.15) is 51.4 Å². The van der Waals surface area contributed by atoms with E-state index in [0.717, 1.165) is 44.9 Å². The molecule has 1 N–H and O–H groups in total. The zero-order chi connectivity index (χ0) is 13.9. The van der Waals surface area contributed by atoms with E-state index in [0.29, 0.717) is 0 Å². The van der Waals surface area contributed by atoms with Crippen LogP contribution < -0.4 is 5.32 Å². The molecular formula is C14H25F3N2. The molecule has 2 fully saturated rings. The first-order chi connectivity index (χ1) is 9.01. The lowest BCUT2D eigenvalue weighted by Gasteiger charge is -2.39. The molecule has 2 atom stereocenters. The zero-order valence-electron chi connectivity index (χ0n) is 11.7. The van der Waals surface area contributed by atoms with Crippen molar-refractivity contribution in [1.29, 1.82) is 0 Å². The van der Waals surface area contributed by atoms with Crippen molar-refractivity contribution in [3.63, 3.8) is 0 Å². The summed E-state index contributed by atoms with van der Waals surface area (Å²) in [5, 5.41) is 3.26. The molecule has 0 saturated heterocycles. The van der Waals surface area contributed by atoms with E-state index in [-0.39, 0.29) is 18.1 Å². The molecule has 2 aliphatic carbocycles. The summed E-state index contributed by atoms with van der Waals surface area (Å²) in [5.41, 5.74) is 0. The summed E-state index contributed by atoms with van der Waals surface area (Å²) < 4.78 is 38.4. The number of hydrogen-bond acceptors (Lipinski definition) is 2. The van der Waals surface area contributed by atoms with Gasteiger partial charge in [-0.05, 0) is 32.7 Å². The Morgan fingerprint density at radius 3 is 2.16 bits per heavy atom. The average Bonchev–Trinajstić information content (AvgIpc) is 3.09. The van der Waals surface area contributed by atoms with Crippen LogP contribution in [0.15, 0.2) is 0 Å². The molecule has 0 aromatic rings. The van der Waals surface area contributed by atoms with Gasteiger partial charge in [-0.25, -0.2) is 0 Å². The summed E-state index contributed by atoms with van der Waals surface area (Å²) in [6, 6.07) is 0.435. The normalized spacial score (nSPS) is 30.2. The van der Waals surface area contributed by atoms with E-state index in [9.17, 15) is 13.2 Å². The molecule has 2 nitrogen and oxygen atoms in total. The smallest absolute Gasteiger partial charge is 0.315 e. The SMILES string of the molecule is CNC1CCCCCCC1N(CC(F)(F)F)C1CC1. The lowest BCUT2D eigenvalue weighted by molar-refractivity contribution is -0.154. The second-order valence-electron chi connectivity index (χ2n) is 5.97. The van der Waals surface area contributed by atoms with Gasteiger partial charge in [0.25, 0.3) is 0 Å². The van der Waals surface area contributed by atoms with Crippen molar-refractivity contribution in [1.82, 2.24) is 10.2 Å². The average molecular weight is 278 g/mol. The molecule has 0 aliphatic heterocycles. The fraction of sp³-hybridized carbons (Fsp3) is 1.00. The molecule has 0 amide bonds. The molecule has 112 valence electrons. The molecule has 0 spiro atoms. The number of nitrogens with one attached hydrogen (secondary N) is 1. The molecule has 19 heavy (non-hydrogen) atoms. The molecule has 0 heterocycles. The predicted molar refractivity (Wildman–Crippen MR) is 70.1 cm³/mol. The van der Waals surface area contributed by atoms with E-state index < -0.39 is 12.7 Å². The molecule has 2 aliphatic rings. The Labute approximate surface area is 113 Å². The van der Waals surface area contributed by atoms with Crippen LogP contribution >= 0.6 is 0 Å². The Bertz CT molecular complexity index is 276. The van der Waals surface area contributed by atoms with E-state index >= 15 is 0 Å². The van der Waals surface area contributed by atoms with Crippen molar-refractivity contribution in [2.75, 3.05) is 13.6 Å². The molecule has 2 saturated carbocycles. The maximum absolute atomic E-state index is 12.8. The first kappa shape index (κ1) is 15.1. The lowest BCUT2D eigenvalue weighted by Crippen LogP contribution is -2.53. The third-order valence-electron chi connectivity index (χ3n) is 4.40. The van der Waals surface area contributed by atoms with Crippen LogP contribution in [0, 0.1) is 0 Å². The van der Waals surface area contributed by atoms with Crippen LogP contribution in [0.3, 0.4) is 0 Å². The number of nitrogens with zero attached hydrogens (tertiary/aromatic N) is 1. The number of likely N-dealkylation sites (N-methyl/N-ethyl adjacent to an activating group) is 1. The Morgan fingerprint density at radius 1 is 1.00 bits per heavy atom. The number of alkyl halides is 3. The van der Waals surface area contributed by atoms with Gasteiger partial charge in [0.05, 0.1) is 6.54 Å². The van der Waals surface area contributed by atoms with Crippen molar-refractivity contribution in [3.8, 4) is 0 Å². The van der Waals surface area contributed by atoms with Crippen LogP contribution in [0.4, 0.5) is 13.2 Å². The molecule has 0 aromatic carbocycles. The third-order valence-corrected chi connectivity index (χ3v) is 4.40. The van der Waals surface area contributed by atoms with Gasteiger partial charge in [-0.1, -0.05) is 25.7 Å². The van der Waals surface area contributed by atoms with Gasteiger partial charge < -0.3 is 5.32 Å². The number of halogens is 3. The predicted octanol–water partition coefficient (Wildman–Crippen LogP) is 3.32. The highest BCUT2D eigenvalue weighted by molar-refractivity contribution is 4.94. The Hall–Kier alpha value is -0.290. The maximum atomic E-state index is 12.8. The summed E-state index contributed by atoms with van der Waals surface area (Å²) in [6.07, 6.45) is 4.26. The van der Waals surface area contributed by atoms with Gasteiger partial charge >= 0.3 is 6.18 Å². The highest BCUT2D eigenvalue weighted by Gasteiger charge is 2.43. The second kappa shape index (κ2) is 6.44. The summed E-state index contributed by atoms with van der Waals surface area (Å²) >= 11 is 0. The quantitative estimate of drug-likeness (QED) is 0.848. The number of hydrogen-bond donors (Lipinski definition) is 1. The van der Waals surface area contributed by atoms with E-state index in [2.05, 4.69) is 5.32 Å². The van der Waals surface area contributed by atoms with E-state index in [1.54, 1.807) is 4.90 Å². The fourth-order valence-corrected chi connectivity index (χ4v) is 3.33. The van der Waals surface area contributed by atoms with E-state index in [4.69, 9.17) is 0 Å². The number of rotatable bonds is 4. The first-order valence-corrected chi connectivity index (χ1v) is 7.51. The van der Waals surface area contributed by atoms with Crippen molar-refractivity contribution in [3.05, 3.63) is 0 Å². The van der Waals surface area contributed by atoms with Gasteiger partial charge in [0.1, 0.15) is 0 Å². The lowest BCUT2D eigenvalue weighted by atomic mass is 9.91. The van der Waals surface area contributed by atoms with Crippen LogP contribution in [0.2, 0.25) is 0 Å². The highest BCUT2D eigenvalue weighted by atomic mass is 19.4. The van der Waals surface area contributed by atoms with Crippen molar-refractivity contribution in [2.45, 2.75) is 75.7 Å². The first-order valence-electron chi connectivity index (χ1n) is 7.51. The molecule has 0 bridgehead atoms. The van der Waals surface area contributed by atoms with Crippen LogP contribution in [0.5, 0.6) is 0 Å².